The number of aromatic nitrogens is 1. The Balaban J connectivity index is 2.27. The molecule has 0 amide bonds. The topological polar surface area (TPSA) is 76.2 Å². The summed E-state index contributed by atoms with van der Waals surface area (Å²) in [7, 11) is 0. The minimum atomic E-state index is -0.501. The molecule has 5 nitrogen and oxygen atoms in total. The van der Waals surface area contributed by atoms with Gasteiger partial charge in [0.05, 0.1) is 5.69 Å². The molecule has 1 heterocycles. The Morgan fingerprint density at radius 3 is 2.47 bits per heavy atom. The van der Waals surface area contributed by atoms with E-state index < -0.39 is 5.43 Å². The molecule has 0 aliphatic heterocycles. The van der Waals surface area contributed by atoms with Crippen LogP contribution in [0.5, 0.6) is 5.75 Å². The normalized spacial score (nSPS) is 9.89. The molecule has 0 unspecified atom stereocenters. The highest BCUT2D eigenvalue weighted by atomic mass is 16.5. The number of rotatable bonds is 5. The third-order valence-electron chi connectivity index (χ3n) is 2.50. The number of nitrogens with one attached hydrogen (secondary N) is 1. The molecule has 19 heavy (non-hydrogen) atoms. The summed E-state index contributed by atoms with van der Waals surface area (Å²) < 4.78 is 5.35. The number of carbonyl (C=O) groups excluding carboxylic acids is 2. The largest absolute Gasteiger partial charge is 0.483 e. The van der Waals surface area contributed by atoms with E-state index in [9.17, 15) is 14.4 Å². The van der Waals surface area contributed by atoms with Gasteiger partial charge >= 0.3 is 0 Å². The van der Waals surface area contributed by atoms with Crippen LogP contribution in [-0.2, 0) is 6.61 Å². The summed E-state index contributed by atoms with van der Waals surface area (Å²) in [4.78, 5) is 35.7. The minimum Gasteiger partial charge on any atom is -0.483 e. The van der Waals surface area contributed by atoms with E-state index in [0.29, 0.717) is 12.6 Å². The van der Waals surface area contributed by atoms with Crippen LogP contribution in [0.1, 0.15) is 26.5 Å². The zero-order valence-corrected chi connectivity index (χ0v) is 9.96. The average Bonchev–Trinajstić information content (AvgIpc) is 2.46. The number of ether oxygens (including phenoxy) is 1. The van der Waals surface area contributed by atoms with E-state index in [1.807, 2.05) is 30.3 Å². The maximum atomic E-state index is 11.7. The number of aromatic amines is 1. The van der Waals surface area contributed by atoms with E-state index in [1.165, 1.54) is 0 Å². The Bertz CT molecular complexity index is 646. The van der Waals surface area contributed by atoms with Gasteiger partial charge in [0.2, 0.25) is 5.43 Å². The van der Waals surface area contributed by atoms with Gasteiger partial charge in [0.15, 0.2) is 18.3 Å². The second-order valence-electron chi connectivity index (χ2n) is 3.84. The Hall–Kier alpha value is -2.69. The summed E-state index contributed by atoms with van der Waals surface area (Å²) in [6, 6.07) is 10.3. The lowest BCUT2D eigenvalue weighted by atomic mass is 10.2. The van der Waals surface area contributed by atoms with Crippen molar-refractivity contribution < 1.29 is 14.3 Å². The molecule has 0 atom stereocenters. The SMILES string of the molecule is O=Cc1cc(=O)c(OCc2ccccc2)c(C=O)[nH]1. The zero-order chi connectivity index (χ0) is 13.7. The summed E-state index contributed by atoms with van der Waals surface area (Å²) in [6.45, 7) is 0.172. The highest BCUT2D eigenvalue weighted by Gasteiger charge is 2.10. The Morgan fingerprint density at radius 1 is 1.11 bits per heavy atom. The van der Waals surface area contributed by atoms with Crippen molar-refractivity contribution in [2.24, 2.45) is 0 Å². The van der Waals surface area contributed by atoms with Crippen molar-refractivity contribution in [2.45, 2.75) is 6.61 Å². The van der Waals surface area contributed by atoms with Crippen molar-refractivity contribution in [2.75, 3.05) is 0 Å². The molecule has 1 aromatic carbocycles. The van der Waals surface area contributed by atoms with Crippen molar-refractivity contribution in [1.82, 2.24) is 4.98 Å². The van der Waals surface area contributed by atoms with Gasteiger partial charge in [-0.25, -0.2) is 0 Å². The van der Waals surface area contributed by atoms with Gasteiger partial charge in [-0.3, -0.25) is 14.4 Å². The fourth-order valence-electron chi connectivity index (χ4n) is 1.61. The molecule has 0 spiro atoms. The molecule has 0 bridgehead atoms. The van der Waals surface area contributed by atoms with Gasteiger partial charge in [-0.1, -0.05) is 30.3 Å². The first-order valence-electron chi connectivity index (χ1n) is 5.59. The van der Waals surface area contributed by atoms with Gasteiger partial charge in [-0.2, -0.15) is 0 Å². The van der Waals surface area contributed by atoms with Crippen LogP contribution in [0.3, 0.4) is 0 Å². The molecule has 1 aromatic heterocycles. The fraction of sp³-hybridized carbons (Fsp3) is 0.0714. The number of benzene rings is 1. The standard InChI is InChI=1S/C14H11NO4/c16-7-11-6-13(18)14(12(8-17)15-11)19-9-10-4-2-1-3-5-10/h1-8H,9H2,(H,15,18). The van der Waals surface area contributed by atoms with E-state index in [4.69, 9.17) is 4.74 Å². The number of aldehydes is 2. The van der Waals surface area contributed by atoms with Gasteiger partial charge in [0.25, 0.3) is 0 Å². The molecule has 0 fully saturated rings. The van der Waals surface area contributed by atoms with Crippen LogP contribution < -0.4 is 10.2 Å². The second kappa shape index (κ2) is 5.77. The van der Waals surface area contributed by atoms with E-state index in [-0.39, 0.29) is 23.7 Å². The highest BCUT2D eigenvalue weighted by Crippen LogP contribution is 2.11. The maximum Gasteiger partial charge on any atom is 0.224 e. The van der Waals surface area contributed by atoms with Crippen molar-refractivity contribution in [3.8, 4) is 5.75 Å². The highest BCUT2D eigenvalue weighted by molar-refractivity contribution is 5.80. The molecule has 0 saturated carbocycles. The average molecular weight is 257 g/mol. The summed E-state index contributed by atoms with van der Waals surface area (Å²) >= 11 is 0. The maximum absolute atomic E-state index is 11.7. The van der Waals surface area contributed by atoms with Crippen LogP contribution in [0.4, 0.5) is 0 Å². The lowest BCUT2D eigenvalue weighted by molar-refractivity contribution is 0.111. The number of H-pyrrole nitrogens is 1. The molecule has 1 N–H and O–H groups in total. The van der Waals surface area contributed by atoms with Crippen LogP contribution in [-0.4, -0.2) is 17.6 Å². The quantitative estimate of drug-likeness (QED) is 0.825. The smallest absolute Gasteiger partial charge is 0.224 e. The summed E-state index contributed by atoms with van der Waals surface area (Å²) in [5, 5.41) is 0. The number of hydrogen-bond acceptors (Lipinski definition) is 4. The van der Waals surface area contributed by atoms with Gasteiger partial charge < -0.3 is 9.72 Å². The molecule has 0 aliphatic carbocycles. The number of carbonyl (C=O) groups is 2. The molecule has 2 rings (SSSR count). The first kappa shape index (κ1) is 12.8. The van der Waals surface area contributed by atoms with Gasteiger partial charge in [0, 0.05) is 6.07 Å². The van der Waals surface area contributed by atoms with Crippen LogP contribution in [0, 0.1) is 0 Å². The lowest BCUT2D eigenvalue weighted by Gasteiger charge is -2.08. The van der Waals surface area contributed by atoms with Crippen molar-refractivity contribution >= 4 is 12.6 Å². The molecule has 96 valence electrons. The third-order valence-corrected chi connectivity index (χ3v) is 2.50. The molecule has 2 aromatic rings. The summed E-state index contributed by atoms with van der Waals surface area (Å²) in [5.41, 5.74) is 0.377. The molecule has 0 saturated heterocycles. The van der Waals surface area contributed by atoms with E-state index in [1.54, 1.807) is 0 Å². The zero-order valence-electron chi connectivity index (χ0n) is 9.96. The van der Waals surface area contributed by atoms with E-state index in [0.717, 1.165) is 11.6 Å². The fourth-order valence-corrected chi connectivity index (χ4v) is 1.61. The molecular formula is C14H11NO4. The first-order valence-corrected chi connectivity index (χ1v) is 5.59. The van der Waals surface area contributed by atoms with Gasteiger partial charge in [-0.15, -0.1) is 0 Å². The van der Waals surface area contributed by atoms with Crippen LogP contribution in [0.2, 0.25) is 0 Å². The van der Waals surface area contributed by atoms with Crippen molar-refractivity contribution in [1.29, 1.82) is 0 Å². The van der Waals surface area contributed by atoms with Crippen LogP contribution in [0.25, 0.3) is 0 Å². The molecular weight excluding hydrogens is 246 g/mol. The second-order valence-corrected chi connectivity index (χ2v) is 3.84. The predicted octanol–water partition coefficient (Wildman–Crippen LogP) is 1.58. The Labute approximate surface area is 108 Å². The monoisotopic (exact) mass is 257 g/mol. The minimum absolute atomic E-state index is 0.0365. The lowest BCUT2D eigenvalue weighted by Crippen LogP contribution is -2.13. The number of pyridine rings is 1. The first-order chi connectivity index (χ1) is 9.24. The van der Waals surface area contributed by atoms with Crippen molar-refractivity contribution in [3.63, 3.8) is 0 Å². The van der Waals surface area contributed by atoms with Crippen LogP contribution >= 0.6 is 0 Å². The molecule has 5 heteroatoms. The number of hydrogen-bond donors (Lipinski definition) is 1. The summed E-state index contributed by atoms with van der Waals surface area (Å²) in [5.74, 6) is -0.0792. The Morgan fingerprint density at radius 2 is 1.84 bits per heavy atom. The predicted molar refractivity (Wildman–Crippen MR) is 68.6 cm³/mol. The Kier molecular flexibility index (Phi) is 3.87. The van der Waals surface area contributed by atoms with Gasteiger partial charge in [-0.05, 0) is 5.56 Å². The molecule has 0 aliphatic rings. The summed E-state index contributed by atoms with van der Waals surface area (Å²) in [6.07, 6.45) is 0.921. The third kappa shape index (κ3) is 2.95. The molecule has 0 radical (unpaired) electrons. The van der Waals surface area contributed by atoms with Gasteiger partial charge in [0.1, 0.15) is 12.3 Å². The van der Waals surface area contributed by atoms with E-state index >= 15 is 0 Å². The van der Waals surface area contributed by atoms with Crippen LogP contribution in [0.15, 0.2) is 41.2 Å². The van der Waals surface area contributed by atoms with E-state index in [2.05, 4.69) is 4.98 Å². The van der Waals surface area contributed by atoms with Crippen molar-refractivity contribution in [3.05, 3.63) is 63.6 Å².